The summed E-state index contributed by atoms with van der Waals surface area (Å²) >= 11 is 0. The number of anilines is 2. The van der Waals surface area contributed by atoms with E-state index >= 15 is 0 Å². The summed E-state index contributed by atoms with van der Waals surface area (Å²) in [5.41, 5.74) is 2.47. The van der Waals surface area contributed by atoms with Crippen LogP contribution in [0.3, 0.4) is 0 Å². The smallest absolute Gasteiger partial charge is 0.251 e. The Morgan fingerprint density at radius 2 is 1.64 bits per heavy atom. The summed E-state index contributed by atoms with van der Waals surface area (Å²) in [6.07, 6.45) is 0. The van der Waals surface area contributed by atoms with E-state index in [0.717, 1.165) is 24.5 Å². The van der Waals surface area contributed by atoms with E-state index in [1.165, 1.54) is 6.92 Å². The number of hydrogen-bond donors (Lipinski definition) is 1. The van der Waals surface area contributed by atoms with Crippen molar-refractivity contribution in [2.45, 2.75) is 20.8 Å². The number of benzene rings is 2. The Kier molecular flexibility index (Phi) is 7.87. The van der Waals surface area contributed by atoms with Crippen LogP contribution in [0.25, 0.3) is 0 Å². The van der Waals surface area contributed by atoms with Gasteiger partial charge in [0, 0.05) is 50.0 Å². The Morgan fingerprint density at radius 3 is 2.21 bits per heavy atom. The predicted molar refractivity (Wildman–Crippen MR) is 113 cm³/mol. The molecule has 0 saturated heterocycles. The van der Waals surface area contributed by atoms with Crippen LogP contribution in [0.1, 0.15) is 31.1 Å². The summed E-state index contributed by atoms with van der Waals surface area (Å²) in [5, 5.41) is 2.86. The fourth-order valence-electron chi connectivity index (χ4n) is 3.05. The van der Waals surface area contributed by atoms with Gasteiger partial charge in [-0.15, -0.1) is 0 Å². The average Bonchev–Trinajstić information content (AvgIpc) is 2.72. The Morgan fingerprint density at radius 1 is 1.00 bits per heavy atom. The second-order valence-electron chi connectivity index (χ2n) is 6.35. The molecule has 28 heavy (non-hydrogen) atoms. The molecule has 0 fully saturated rings. The summed E-state index contributed by atoms with van der Waals surface area (Å²) in [6, 6.07) is 14.9. The number of carbonyl (C=O) groups is 2. The van der Waals surface area contributed by atoms with Crippen LogP contribution in [0.2, 0.25) is 0 Å². The number of rotatable bonds is 9. The Labute approximate surface area is 167 Å². The Balaban J connectivity index is 1.99. The molecule has 2 rings (SSSR count). The number of ether oxygens (including phenoxy) is 1. The van der Waals surface area contributed by atoms with Crippen molar-refractivity contribution in [2.24, 2.45) is 0 Å². The molecule has 0 spiro atoms. The van der Waals surface area contributed by atoms with Crippen molar-refractivity contribution in [3.05, 3.63) is 54.1 Å². The molecule has 0 atom stereocenters. The van der Waals surface area contributed by atoms with Gasteiger partial charge in [0.25, 0.3) is 5.91 Å². The molecular formula is C22H29N3O3. The maximum atomic E-state index is 12.3. The third-order valence-electron chi connectivity index (χ3n) is 4.62. The first-order valence-corrected chi connectivity index (χ1v) is 9.55. The van der Waals surface area contributed by atoms with Crippen molar-refractivity contribution in [3.63, 3.8) is 0 Å². The predicted octanol–water partition coefficient (Wildman–Crippen LogP) is 3.32. The van der Waals surface area contributed by atoms with Crippen molar-refractivity contribution < 1.29 is 14.3 Å². The van der Waals surface area contributed by atoms with Crippen molar-refractivity contribution in [3.8, 4) is 5.75 Å². The number of hydrogen-bond acceptors (Lipinski definition) is 4. The molecule has 150 valence electrons. The SMILES string of the molecule is CCN(CC)c1ccc(N(CCNC(=O)c2cccc(OC)c2)C(C)=O)cc1. The van der Waals surface area contributed by atoms with E-state index in [4.69, 9.17) is 4.74 Å². The van der Waals surface area contributed by atoms with Crippen LogP contribution in [-0.4, -0.2) is 45.1 Å². The van der Waals surface area contributed by atoms with Gasteiger partial charge in [-0.1, -0.05) is 6.07 Å². The number of methoxy groups -OCH3 is 1. The number of carbonyl (C=O) groups excluding carboxylic acids is 2. The maximum absolute atomic E-state index is 12.3. The summed E-state index contributed by atoms with van der Waals surface area (Å²) in [4.78, 5) is 28.3. The molecule has 0 unspecified atom stereocenters. The second kappa shape index (κ2) is 10.3. The van der Waals surface area contributed by atoms with Crippen LogP contribution >= 0.6 is 0 Å². The van der Waals surface area contributed by atoms with Crippen LogP contribution in [-0.2, 0) is 4.79 Å². The van der Waals surface area contributed by atoms with Crippen LogP contribution < -0.4 is 19.9 Å². The quantitative estimate of drug-likeness (QED) is 0.722. The van der Waals surface area contributed by atoms with Gasteiger partial charge in [-0.25, -0.2) is 0 Å². The van der Waals surface area contributed by atoms with E-state index < -0.39 is 0 Å². The van der Waals surface area contributed by atoms with Crippen LogP contribution in [0.5, 0.6) is 5.75 Å². The number of amides is 2. The molecular weight excluding hydrogens is 354 g/mol. The fourth-order valence-corrected chi connectivity index (χ4v) is 3.05. The van der Waals surface area contributed by atoms with Gasteiger partial charge in [0.2, 0.25) is 5.91 Å². The molecule has 0 radical (unpaired) electrons. The highest BCUT2D eigenvalue weighted by atomic mass is 16.5. The number of nitrogens with zero attached hydrogens (tertiary/aromatic N) is 2. The van der Waals surface area contributed by atoms with E-state index in [9.17, 15) is 9.59 Å². The molecule has 6 heteroatoms. The van der Waals surface area contributed by atoms with E-state index in [2.05, 4.69) is 24.1 Å². The lowest BCUT2D eigenvalue weighted by atomic mass is 10.2. The highest BCUT2D eigenvalue weighted by Crippen LogP contribution is 2.21. The van der Waals surface area contributed by atoms with E-state index in [0.29, 0.717) is 24.4 Å². The van der Waals surface area contributed by atoms with E-state index in [1.807, 2.05) is 24.3 Å². The lowest BCUT2D eigenvalue weighted by Gasteiger charge is -2.24. The van der Waals surface area contributed by atoms with Gasteiger partial charge in [0.1, 0.15) is 5.75 Å². The van der Waals surface area contributed by atoms with Crippen LogP contribution in [0.15, 0.2) is 48.5 Å². The van der Waals surface area contributed by atoms with Crippen LogP contribution in [0.4, 0.5) is 11.4 Å². The summed E-state index contributed by atoms with van der Waals surface area (Å²) in [6.45, 7) is 8.38. The van der Waals surface area contributed by atoms with Crippen molar-refractivity contribution in [1.29, 1.82) is 0 Å². The molecule has 0 aromatic heterocycles. The molecule has 0 saturated carbocycles. The highest BCUT2D eigenvalue weighted by molar-refractivity contribution is 5.95. The lowest BCUT2D eigenvalue weighted by Crippen LogP contribution is -2.37. The summed E-state index contributed by atoms with van der Waals surface area (Å²) < 4.78 is 5.14. The van der Waals surface area contributed by atoms with Gasteiger partial charge in [-0.05, 0) is 56.3 Å². The van der Waals surface area contributed by atoms with Gasteiger partial charge in [-0.3, -0.25) is 9.59 Å². The minimum atomic E-state index is -0.195. The molecule has 0 aliphatic rings. The van der Waals surface area contributed by atoms with Crippen molar-refractivity contribution in [1.82, 2.24) is 5.32 Å². The Bertz CT molecular complexity index is 786. The maximum Gasteiger partial charge on any atom is 0.251 e. The topological polar surface area (TPSA) is 61.9 Å². The standard InChI is InChI=1S/C22H29N3O3/c1-5-24(6-2)19-10-12-20(13-11-19)25(17(3)26)15-14-23-22(27)18-8-7-9-21(16-18)28-4/h7-13,16H,5-6,14-15H2,1-4H3,(H,23,27). The van der Waals surface area contributed by atoms with Gasteiger partial charge in [-0.2, -0.15) is 0 Å². The van der Waals surface area contributed by atoms with E-state index in [1.54, 1.807) is 36.3 Å². The number of nitrogens with one attached hydrogen (secondary N) is 1. The van der Waals surface area contributed by atoms with Gasteiger partial charge in [0.05, 0.1) is 7.11 Å². The molecule has 2 aromatic rings. The fraction of sp³-hybridized carbons (Fsp3) is 0.364. The van der Waals surface area contributed by atoms with E-state index in [-0.39, 0.29) is 11.8 Å². The molecule has 1 N–H and O–H groups in total. The average molecular weight is 383 g/mol. The van der Waals surface area contributed by atoms with Crippen molar-refractivity contribution in [2.75, 3.05) is 43.1 Å². The minimum Gasteiger partial charge on any atom is -0.497 e. The third-order valence-corrected chi connectivity index (χ3v) is 4.62. The second-order valence-corrected chi connectivity index (χ2v) is 6.35. The normalized spacial score (nSPS) is 10.3. The molecule has 2 aromatic carbocycles. The molecule has 2 amide bonds. The highest BCUT2D eigenvalue weighted by Gasteiger charge is 2.13. The van der Waals surface area contributed by atoms with Gasteiger partial charge < -0.3 is 19.9 Å². The first-order chi connectivity index (χ1) is 13.5. The molecule has 0 heterocycles. The monoisotopic (exact) mass is 383 g/mol. The first kappa shape index (κ1) is 21.3. The summed E-state index contributed by atoms with van der Waals surface area (Å²) in [7, 11) is 1.56. The van der Waals surface area contributed by atoms with Gasteiger partial charge >= 0.3 is 0 Å². The molecule has 0 bridgehead atoms. The Hall–Kier alpha value is -3.02. The van der Waals surface area contributed by atoms with Crippen molar-refractivity contribution >= 4 is 23.2 Å². The first-order valence-electron chi connectivity index (χ1n) is 9.55. The zero-order valence-electron chi connectivity index (χ0n) is 17.1. The molecule has 0 aliphatic carbocycles. The lowest BCUT2D eigenvalue weighted by molar-refractivity contribution is -0.116. The zero-order valence-corrected chi connectivity index (χ0v) is 17.1. The zero-order chi connectivity index (χ0) is 20.5. The summed E-state index contributed by atoms with van der Waals surface area (Å²) in [5.74, 6) is 0.372. The third kappa shape index (κ3) is 5.49. The largest absolute Gasteiger partial charge is 0.497 e. The molecule has 6 nitrogen and oxygen atoms in total. The van der Waals surface area contributed by atoms with Gasteiger partial charge in [0.15, 0.2) is 0 Å². The molecule has 0 aliphatic heterocycles. The minimum absolute atomic E-state index is 0.0637. The van der Waals surface area contributed by atoms with Crippen LogP contribution in [0, 0.1) is 0 Å².